The van der Waals surface area contributed by atoms with Gasteiger partial charge >= 0.3 is 0 Å². The van der Waals surface area contributed by atoms with Crippen molar-refractivity contribution >= 4 is 16.5 Å². The van der Waals surface area contributed by atoms with E-state index in [0.717, 1.165) is 49.4 Å². The van der Waals surface area contributed by atoms with Crippen LogP contribution in [0, 0.1) is 13.8 Å². The van der Waals surface area contributed by atoms with Gasteiger partial charge in [0.05, 0.1) is 0 Å². The number of aryl methyl sites for hydroxylation is 2. The van der Waals surface area contributed by atoms with Crippen LogP contribution in [0.4, 0.5) is 0 Å². The van der Waals surface area contributed by atoms with Crippen LogP contribution in [0.2, 0.25) is 0 Å². The van der Waals surface area contributed by atoms with Gasteiger partial charge in [-0.3, -0.25) is 0 Å². The van der Waals surface area contributed by atoms with Crippen molar-refractivity contribution in [2.75, 3.05) is 20.1 Å². The van der Waals surface area contributed by atoms with Crippen molar-refractivity contribution < 1.29 is 0 Å². The zero-order chi connectivity index (χ0) is 18.3. The largest absolute Gasteiger partial charge is 0.340 e. The highest BCUT2D eigenvalue weighted by Gasteiger charge is 2.21. The summed E-state index contributed by atoms with van der Waals surface area (Å²) < 4.78 is 2.46. The molecule has 1 aliphatic rings. The molecule has 1 aliphatic heterocycles. The summed E-state index contributed by atoms with van der Waals surface area (Å²) in [6, 6.07) is 6.82. The number of likely N-dealkylation sites (N-methyl/N-ethyl adjacent to an activating group) is 1. The van der Waals surface area contributed by atoms with E-state index in [9.17, 15) is 0 Å². The number of aromatic nitrogens is 3. The highest BCUT2D eigenvalue weighted by molar-refractivity contribution is 5.87. The average Bonchev–Trinajstić information content (AvgIpc) is 2.76. The number of hydrogen-bond donors (Lipinski definition) is 0. The van der Waals surface area contributed by atoms with E-state index >= 15 is 0 Å². The molecule has 0 spiro atoms. The molecule has 3 heterocycles. The maximum Gasteiger partial charge on any atom is 0.125 e. The van der Waals surface area contributed by atoms with Gasteiger partial charge in [0.25, 0.3) is 0 Å². The van der Waals surface area contributed by atoms with E-state index in [0.29, 0.717) is 0 Å². The molecule has 26 heavy (non-hydrogen) atoms. The van der Waals surface area contributed by atoms with Crippen LogP contribution in [-0.2, 0) is 19.4 Å². The van der Waals surface area contributed by atoms with Crippen molar-refractivity contribution in [3.63, 3.8) is 0 Å². The topological polar surface area (TPSA) is 34.0 Å². The first-order valence-electron chi connectivity index (χ1n) is 9.29. The first kappa shape index (κ1) is 17.0. The van der Waals surface area contributed by atoms with Crippen LogP contribution >= 0.6 is 0 Å². The summed E-state index contributed by atoms with van der Waals surface area (Å²) in [5.41, 5.74) is 7.69. The van der Waals surface area contributed by atoms with E-state index in [1.54, 1.807) is 0 Å². The molecular weight excluding hydrogens is 320 g/mol. The van der Waals surface area contributed by atoms with Gasteiger partial charge in [-0.2, -0.15) is 0 Å². The minimum atomic E-state index is 0.783. The highest BCUT2D eigenvalue weighted by Crippen LogP contribution is 2.31. The minimum Gasteiger partial charge on any atom is -0.340 e. The van der Waals surface area contributed by atoms with Gasteiger partial charge in [-0.05, 0) is 50.6 Å². The molecule has 0 saturated carbocycles. The van der Waals surface area contributed by atoms with Crippen molar-refractivity contribution in [3.8, 4) is 0 Å². The summed E-state index contributed by atoms with van der Waals surface area (Å²) >= 11 is 0. The Morgan fingerprint density at radius 1 is 1.12 bits per heavy atom. The van der Waals surface area contributed by atoms with Crippen LogP contribution in [0.3, 0.4) is 0 Å². The smallest absolute Gasteiger partial charge is 0.125 e. The van der Waals surface area contributed by atoms with E-state index in [1.807, 2.05) is 19.3 Å². The molecule has 4 nitrogen and oxygen atoms in total. The monoisotopic (exact) mass is 346 g/mol. The van der Waals surface area contributed by atoms with Crippen LogP contribution in [0.25, 0.3) is 16.5 Å². The molecule has 0 N–H and O–H groups in total. The lowest BCUT2D eigenvalue weighted by Crippen LogP contribution is -2.21. The molecule has 0 radical (unpaired) electrons. The molecule has 134 valence electrons. The van der Waals surface area contributed by atoms with Crippen molar-refractivity contribution in [1.29, 1.82) is 0 Å². The Labute approximate surface area is 155 Å². The zero-order valence-electron chi connectivity index (χ0n) is 15.9. The van der Waals surface area contributed by atoms with Crippen molar-refractivity contribution in [3.05, 3.63) is 65.4 Å². The van der Waals surface area contributed by atoms with Gasteiger partial charge in [0.1, 0.15) is 5.82 Å². The zero-order valence-corrected chi connectivity index (χ0v) is 15.9. The second-order valence-corrected chi connectivity index (χ2v) is 7.46. The molecular formula is C22H26N4. The van der Waals surface area contributed by atoms with Gasteiger partial charge in [0, 0.05) is 60.6 Å². The molecule has 0 aliphatic carbocycles. The number of nitrogens with zero attached hydrogens (tertiary/aromatic N) is 4. The molecule has 0 bridgehead atoms. The molecule has 2 aromatic heterocycles. The normalized spacial score (nSPS) is 15.0. The Bertz CT molecular complexity index is 966. The lowest BCUT2D eigenvalue weighted by molar-refractivity contribution is 0.351. The van der Waals surface area contributed by atoms with Gasteiger partial charge in [0.15, 0.2) is 0 Å². The maximum atomic E-state index is 4.33. The first-order valence-corrected chi connectivity index (χ1v) is 9.29. The van der Waals surface area contributed by atoms with Crippen molar-refractivity contribution in [1.82, 2.24) is 19.4 Å². The summed E-state index contributed by atoms with van der Waals surface area (Å²) in [5.74, 6) is 0.792. The van der Waals surface area contributed by atoms with Crippen LogP contribution in [0.5, 0.6) is 0 Å². The van der Waals surface area contributed by atoms with Crippen LogP contribution in [-0.4, -0.2) is 39.6 Å². The molecule has 0 unspecified atom stereocenters. The summed E-state index contributed by atoms with van der Waals surface area (Å²) in [6.07, 6.45) is 5.95. The molecule has 0 fully saturated rings. The fraction of sp³-hybridized carbons (Fsp3) is 0.364. The number of hydrogen-bond acceptors (Lipinski definition) is 3. The number of fused-ring (bicyclic) bond motifs is 3. The van der Waals surface area contributed by atoms with E-state index < -0.39 is 0 Å². The number of benzene rings is 1. The molecule has 0 amide bonds. The van der Waals surface area contributed by atoms with Crippen LogP contribution in [0.1, 0.15) is 28.2 Å². The van der Waals surface area contributed by atoms with Crippen LogP contribution in [0.15, 0.2) is 37.2 Å². The number of allylic oxidation sites excluding steroid dienone is 1. The molecule has 0 atom stereocenters. The second kappa shape index (κ2) is 6.69. The Kier molecular flexibility index (Phi) is 4.37. The summed E-state index contributed by atoms with van der Waals surface area (Å²) in [6.45, 7) is 11.4. The highest BCUT2D eigenvalue weighted by atomic mass is 15.1. The van der Waals surface area contributed by atoms with Gasteiger partial charge in [-0.15, -0.1) is 0 Å². The van der Waals surface area contributed by atoms with Crippen molar-refractivity contribution in [2.45, 2.75) is 33.2 Å². The van der Waals surface area contributed by atoms with Gasteiger partial charge in [0.2, 0.25) is 0 Å². The fourth-order valence-electron chi connectivity index (χ4n) is 3.90. The third kappa shape index (κ3) is 3.06. The van der Waals surface area contributed by atoms with Gasteiger partial charge in [-0.1, -0.05) is 18.2 Å². The SMILES string of the molecule is C=C(Cn1c2c(c3cc(C)ccc31)CCN(C)CC2)c1cnc(C)nc1. The lowest BCUT2D eigenvalue weighted by atomic mass is 10.1. The third-order valence-corrected chi connectivity index (χ3v) is 5.45. The predicted molar refractivity (Wildman–Crippen MR) is 107 cm³/mol. The molecule has 4 rings (SSSR count). The summed E-state index contributed by atoms with van der Waals surface area (Å²) in [4.78, 5) is 11.1. The molecule has 1 aromatic carbocycles. The van der Waals surface area contributed by atoms with Crippen LogP contribution < -0.4 is 0 Å². The first-order chi connectivity index (χ1) is 12.5. The average molecular weight is 346 g/mol. The van der Waals surface area contributed by atoms with E-state index in [4.69, 9.17) is 0 Å². The van der Waals surface area contributed by atoms with E-state index in [2.05, 4.69) is 58.2 Å². The number of rotatable bonds is 3. The molecule has 3 aromatic rings. The fourth-order valence-corrected chi connectivity index (χ4v) is 3.90. The quantitative estimate of drug-likeness (QED) is 0.723. The van der Waals surface area contributed by atoms with Gasteiger partial charge < -0.3 is 9.47 Å². The minimum absolute atomic E-state index is 0.783. The molecule has 4 heteroatoms. The third-order valence-electron chi connectivity index (χ3n) is 5.45. The lowest BCUT2D eigenvalue weighted by Gasteiger charge is -2.15. The standard InChI is InChI=1S/C22H26N4/c1-15-5-6-21-20(11-15)19-7-9-25(4)10-8-22(19)26(21)14-16(2)18-12-23-17(3)24-13-18/h5-6,11-13H,2,7-10,14H2,1,3-4H3. The van der Waals surface area contributed by atoms with E-state index in [1.165, 1.54) is 27.7 Å². The summed E-state index contributed by atoms with van der Waals surface area (Å²) in [5, 5.41) is 1.41. The van der Waals surface area contributed by atoms with E-state index in [-0.39, 0.29) is 0 Å². The Balaban J connectivity index is 1.79. The maximum absolute atomic E-state index is 4.33. The summed E-state index contributed by atoms with van der Waals surface area (Å²) in [7, 11) is 2.21. The Morgan fingerprint density at radius 2 is 1.85 bits per heavy atom. The van der Waals surface area contributed by atoms with Crippen molar-refractivity contribution in [2.24, 2.45) is 0 Å². The molecule has 0 saturated heterocycles. The Hall–Kier alpha value is -2.46. The predicted octanol–water partition coefficient (Wildman–Crippen LogP) is 3.79. The Morgan fingerprint density at radius 3 is 2.62 bits per heavy atom. The second-order valence-electron chi connectivity index (χ2n) is 7.46. The van der Waals surface area contributed by atoms with Gasteiger partial charge in [-0.25, -0.2) is 9.97 Å².